The molecule has 0 heterocycles. The van der Waals surface area contributed by atoms with Gasteiger partial charge in [-0.2, -0.15) is 0 Å². The van der Waals surface area contributed by atoms with Crippen LogP contribution in [-0.2, 0) is 0 Å². The number of benzene rings is 1. The molecule has 0 aromatic heterocycles. The second-order valence-corrected chi connectivity index (χ2v) is 4.75. The molecule has 2 atom stereocenters. The predicted molar refractivity (Wildman–Crippen MR) is 67.9 cm³/mol. The number of carboxylic acids is 1. The fraction of sp³-hybridized carbons (Fsp3) is 0.385. The third kappa shape index (κ3) is 2.80. The Hall–Kier alpha value is -2.04. The van der Waals surface area contributed by atoms with Crippen LogP contribution in [-0.4, -0.2) is 23.1 Å². The fourth-order valence-electron chi connectivity index (χ4n) is 1.79. The van der Waals surface area contributed by atoms with Gasteiger partial charge in [-0.05, 0) is 37.0 Å². The number of rotatable bonds is 3. The first-order valence-corrected chi connectivity index (χ1v) is 5.89. The van der Waals surface area contributed by atoms with Crippen molar-refractivity contribution in [2.75, 3.05) is 5.32 Å². The first-order chi connectivity index (χ1) is 8.47. The monoisotopic (exact) mass is 248 g/mol. The molecule has 1 saturated carbocycles. The number of carboxylic acid groups (broad SMARTS) is 1. The van der Waals surface area contributed by atoms with Crippen molar-refractivity contribution in [1.82, 2.24) is 5.32 Å². The average molecular weight is 248 g/mol. The Labute approximate surface area is 105 Å². The molecule has 2 unspecified atom stereocenters. The normalized spacial score (nSPS) is 21.2. The Morgan fingerprint density at radius 1 is 1.39 bits per heavy atom. The molecule has 0 saturated heterocycles. The molecule has 0 spiro atoms. The molecule has 1 aromatic carbocycles. The molecule has 1 aromatic rings. The fourth-order valence-corrected chi connectivity index (χ4v) is 1.79. The van der Waals surface area contributed by atoms with Crippen LogP contribution in [0.25, 0.3) is 0 Å². The standard InChI is InChI=1S/C13H16N2O3/c1-7-3-4-9(6-10(7)12(16)17)14-13(18)15-11-5-8(11)2/h3-4,6,8,11H,5H2,1-2H3,(H,16,17)(H2,14,15,18). The van der Waals surface area contributed by atoms with E-state index in [2.05, 4.69) is 17.6 Å². The molecule has 5 heteroatoms. The second-order valence-electron chi connectivity index (χ2n) is 4.75. The van der Waals surface area contributed by atoms with E-state index < -0.39 is 5.97 Å². The quantitative estimate of drug-likeness (QED) is 0.767. The number of hydrogen-bond acceptors (Lipinski definition) is 2. The van der Waals surface area contributed by atoms with Crippen LogP contribution in [0.3, 0.4) is 0 Å². The lowest BCUT2D eigenvalue weighted by molar-refractivity contribution is 0.0696. The van der Waals surface area contributed by atoms with Gasteiger partial charge in [-0.3, -0.25) is 0 Å². The Kier molecular flexibility index (Phi) is 3.23. The molecule has 2 rings (SSSR count). The maximum absolute atomic E-state index is 11.6. The van der Waals surface area contributed by atoms with Gasteiger partial charge in [0.2, 0.25) is 0 Å². The Balaban J connectivity index is 2.02. The highest BCUT2D eigenvalue weighted by Crippen LogP contribution is 2.29. The molecular formula is C13H16N2O3. The molecule has 5 nitrogen and oxygen atoms in total. The molecular weight excluding hydrogens is 232 g/mol. The lowest BCUT2D eigenvalue weighted by atomic mass is 10.1. The van der Waals surface area contributed by atoms with Gasteiger partial charge in [-0.25, -0.2) is 9.59 Å². The van der Waals surface area contributed by atoms with E-state index >= 15 is 0 Å². The topological polar surface area (TPSA) is 78.4 Å². The summed E-state index contributed by atoms with van der Waals surface area (Å²) in [4.78, 5) is 22.6. The van der Waals surface area contributed by atoms with Gasteiger partial charge in [0.15, 0.2) is 0 Å². The molecule has 3 N–H and O–H groups in total. The van der Waals surface area contributed by atoms with Crippen molar-refractivity contribution in [2.45, 2.75) is 26.3 Å². The van der Waals surface area contributed by atoms with Crippen LogP contribution >= 0.6 is 0 Å². The molecule has 1 fully saturated rings. The SMILES string of the molecule is Cc1ccc(NC(=O)NC2CC2C)cc1C(=O)O. The van der Waals surface area contributed by atoms with Crippen LogP contribution in [0.5, 0.6) is 0 Å². The number of aromatic carboxylic acids is 1. The van der Waals surface area contributed by atoms with E-state index in [0.717, 1.165) is 6.42 Å². The zero-order chi connectivity index (χ0) is 13.3. The van der Waals surface area contributed by atoms with Crippen LogP contribution in [0.2, 0.25) is 0 Å². The Bertz CT molecular complexity index is 499. The smallest absolute Gasteiger partial charge is 0.336 e. The summed E-state index contributed by atoms with van der Waals surface area (Å²) in [6, 6.07) is 4.79. The van der Waals surface area contributed by atoms with E-state index in [0.29, 0.717) is 17.2 Å². The molecule has 2 amide bonds. The number of anilines is 1. The number of urea groups is 1. The van der Waals surface area contributed by atoms with E-state index in [9.17, 15) is 9.59 Å². The van der Waals surface area contributed by atoms with E-state index in [1.807, 2.05) is 0 Å². The Morgan fingerprint density at radius 2 is 2.06 bits per heavy atom. The lowest BCUT2D eigenvalue weighted by Gasteiger charge is -2.08. The summed E-state index contributed by atoms with van der Waals surface area (Å²) in [7, 11) is 0. The number of carbonyl (C=O) groups excluding carboxylic acids is 1. The van der Waals surface area contributed by atoms with Crippen molar-refractivity contribution in [3.8, 4) is 0 Å². The van der Waals surface area contributed by atoms with Crippen molar-refractivity contribution in [1.29, 1.82) is 0 Å². The minimum atomic E-state index is -0.993. The number of hydrogen-bond donors (Lipinski definition) is 3. The third-order valence-corrected chi connectivity index (χ3v) is 3.15. The van der Waals surface area contributed by atoms with E-state index in [-0.39, 0.29) is 17.6 Å². The van der Waals surface area contributed by atoms with E-state index in [4.69, 9.17) is 5.11 Å². The van der Waals surface area contributed by atoms with Crippen molar-refractivity contribution in [3.05, 3.63) is 29.3 Å². The zero-order valence-electron chi connectivity index (χ0n) is 10.4. The summed E-state index contributed by atoms with van der Waals surface area (Å²) in [5.41, 5.74) is 1.36. The number of nitrogens with one attached hydrogen (secondary N) is 2. The summed E-state index contributed by atoms with van der Waals surface area (Å²) in [5.74, 6) is -0.462. The largest absolute Gasteiger partial charge is 0.478 e. The van der Waals surface area contributed by atoms with Gasteiger partial charge < -0.3 is 15.7 Å². The second kappa shape index (κ2) is 4.68. The highest BCUT2D eigenvalue weighted by molar-refractivity contribution is 5.94. The maximum atomic E-state index is 11.6. The molecule has 0 bridgehead atoms. The zero-order valence-corrected chi connectivity index (χ0v) is 10.4. The van der Waals surface area contributed by atoms with Gasteiger partial charge in [0.1, 0.15) is 0 Å². The predicted octanol–water partition coefficient (Wildman–Crippen LogP) is 2.22. The van der Waals surface area contributed by atoms with Crippen LogP contribution < -0.4 is 10.6 Å². The minimum Gasteiger partial charge on any atom is -0.478 e. The van der Waals surface area contributed by atoms with Crippen LogP contribution in [0.4, 0.5) is 10.5 Å². The van der Waals surface area contributed by atoms with Crippen LogP contribution in [0.1, 0.15) is 29.3 Å². The van der Waals surface area contributed by atoms with Gasteiger partial charge in [0, 0.05) is 11.7 Å². The molecule has 1 aliphatic rings. The van der Waals surface area contributed by atoms with Crippen LogP contribution in [0.15, 0.2) is 18.2 Å². The van der Waals surface area contributed by atoms with Crippen LogP contribution in [0, 0.1) is 12.8 Å². The molecule has 18 heavy (non-hydrogen) atoms. The highest BCUT2D eigenvalue weighted by atomic mass is 16.4. The van der Waals surface area contributed by atoms with Crippen molar-refractivity contribution < 1.29 is 14.7 Å². The number of amides is 2. The molecule has 0 aliphatic heterocycles. The van der Waals surface area contributed by atoms with Gasteiger partial charge >= 0.3 is 12.0 Å². The summed E-state index contributed by atoms with van der Waals surface area (Å²) < 4.78 is 0. The third-order valence-electron chi connectivity index (χ3n) is 3.15. The van der Waals surface area contributed by atoms with E-state index in [1.54, 1.807) is 19.1 Å². The van der Waals surface area contributed by atoms with Gasteiger partial charge in [-0.1, -0.05) is 13.0 Å². The molecule has 96 valence electrons. The Morgan fingerprint density at radius 3 is 2.61 bits per heavy atom. The summed E-state index contributed by atoms with van der Waals surface area (Å²) in [6.07, 6.45) is 1.00. The first-order valence-electron chi connectivity index (χ1n) is 5.89. The number of aryl methyl sites for hydroxylation is 1. The van der Waals surface area contributed by atoms with Gasteiger partial charge in [-0.15, -0.1) is 0 Å². The summed E-state index contributed by atoms with van der Waals surface area (Å²) >= 11 is 0. The van der Waals surface area contributed by atoms with Gasteiger partial charge in [0.05, 0.1) is 5.56 Å². The first kappa shape index (κ1) is 12.4. The minimum absolute atomic E-state index is 0.201. The van der Waals surface area contributed by atoms with Crippen molar-refractivity contribution in [3.63, 3.8) is 0 Å². The van der Waals surface area contributed by atoms with Crippen molar-refractivity contribution in [2.24, 2.45) is 5.92 Å². The van der Waals surface area contributed by atoms with E-state index in [1.165, 1.54) is 6.07 Å². The number of carbonyl (C=O) groups is 2. The molecule has 1 aliphatic carbocycles. The van der Waals surface area contributed by atoms with Gasteiger partial charge in [0.25, 0.3) is 0 Å². The highest BCUT2D eigenvalue weighted by Gasteiger charge is 2.33. The molecule has 0 radical (unpaired) electrons. The maximum Gasteiger partial charge on any atom is 0.336 e. The lowest BCUT2D eigenvalue weighted by Crippen LogP contribution is -2.31. The van der Waals surface area contributed by atoms with Crippen molar-refractivity contribution >= 4 is 17.7 Å². The summed E-state index contributed by atoms with van der Waals surface area (Å²) in [5, 5.41) is 14.4. The average Bonchev–Trinajstić information content (AvgIpc) is 2.96. The summed E-state index contributed by atoms with van der Waals surface area (Å²) in [6.45, 7) is 3.79.